The van der Waals surface area contributed by atoms with Crippen molar-refractivity contribution in [3.8, 4) is 5.75 Å². The minimum atomic E-state index is -0.200. The van der Waals surface area contributed by atoms with E-state index >= 15 is 0 Å². The summed E-state index contributed by atoms with van der Waals surface area (Å²) in [6.45, 7) is 4.50. The van der Waals surface area contributed by atoms with Gasteiger partial charge in [0.2, 0.25) is 0 Å². The van der Waals surface area contributed by atoms with Crippen LogP contribution in [-0.4, -0.2) is 19.7 Å². The highest BCUT2D eigenvalue weighted by molar-refractivity contribution is 6.32. The Labute approximate surface area is 135 Å². The van der Waals surface area contributed by atoms with Gasteiger partial charge in [-0.25, -0.2) is 4.79 Å². The van der Waals surface area contributed by atoms with Crippen molar-refractivity contribution in [3.05, 3.63) is 53.1 Å². The number of amides is 2. The van der Waals surface area contributed by atoms with E-state index in [4.69, 9.17) is 16.3 Å². The molecule has 0 spiro atoms. The number of nitrogens with one attached hydrogen (secondary N) is 1. The Bertz CT molecular complexity index is 673. The molecule has 2 rings (SSSR count). The molecule has 2 aromatic rings. The van der Waals surface area contributed by atoms with E-state index in [2.05, 4.69) is 5.32 Å². The van der Waals surface area contributed by atoms with Crippen molar-refractivity contribution < 1.29 is 9.53 Å². The molecule has 0 atom stereocenters. The zero-order valence-corrected chi connectivity index (χ0v) is 13.6. The number of hydrogen-bond acceptors (Lipinski definition) is 2. The fourth-order valence-electron chi connectivity index (χ4n) is 2.17. The van der Waals surface area contributed by atoms with Crippen molar-refractivity contribution >= 4 is 29.0 Å². The van der Waals surface area contributed by atoms with Crippen molar-refractivity contribution in [2.45, 2.75) is 13.8 Å². The zero-order valence-electron chi connectivity index (χ0n) is 12.9. The second-order valence-corrected chi connectivity index (χ2v) is 5.27. The number of aryl methyl sites for hydroxylation is 1. The van der Waals surface area contributed by atoms with Crippen LogP contribution in [0.4, 0.5) is 16.2 Å². The number of ether oxygens (including phenoxy) is 1. The summed E-state index contributed by atoms with van der Waals surface area (Å²) in [7, 11) is 1.55. The third-order valence-corrected chi connectivity index (χ3v) is 3.57. The third-order valence-electron chi connectivity index (χ3n) is 3.28. The summed E-state index contributed by atoms with van der Waals surface area (Å²) < 4.78 is 5.10. The van der Waals surface area contributed by atoms with Crippen molar-refractivity contribution in [1.82, 2.24) is 0 Å². The molecule has 2 aromatic carbocycles. The van der Waals surface area contributed by atoms with Gasteiger partial charge in [-0.2, -0.15) is 0 Å². The van der Waals surface area contributed by atoms with Crippen LogP contribution in [0.15, 0.2) is 42.5 Å². The molecule has 0 aliphatic carbocycles. The molecular weight excluding hydrogens is 300 g/mol. The van der Waals surface area contributed by atoms with Crippen molar-refractivity contribution in [3.63, 3.8) is 0 Å². The maximum absolute atomic E-state index is 12.5. The average Bonchev–Trinajstić information content (AvgIpc) is 2.48. The lowest BCUT2D eigenvalue weighted by molar-refractivity contribution is 0.257. The summed E-state index contributed by atoms with van der Waals surface area (Å²) >= 11 is 6.07. The summed E-state index contributed by atoms with van der Waals surface area (Å²) in [4.78, 5) is 14.1. The number of rotatable bonds is 4. The molecule has 0 heterocycles. The summed E-state index contributed by atoms with van der Waals surface area (Å²) in [6, 6.07) is 12.8. The van der Waals surface area contributed by atoms with Gasteiger partial charge in [-0.3, -0.25) is 4.90 Å². The number of carbonyl (C=O) groups excluding carboxylic acids is 1. The van der Waals surface area contributed by atoms with Gasteiger partial charge in [0, 0.05) is 17.9 Å². The number of anilines is 2. The van der Waals surface area contributed by atoms with Gasteiger partial charge in [-0.05, 0) is 49.7 Å². The summed E-state index contributed by atoms with van der Waals surface area (Å²) in [5.41, 5.74) is 2.60. The molecule has 0 saturated carbocycles. The number of benzene rings is 2. The predicted molar refractivity (Wildman–Crippen MR) is 91.2 cm³/mol. The van der Waals surface area contributed by atoms with Crippen molar-refractivity contribution in [1.29, 1.82) is 0 Å². The number of urea groups is 1. The van der Waals surface area contributed by atoms with Gasteiger partial charge < -0.3 is 10.1 Å². The normalized spacial score (nSPS) is 10.2. The maximum Gasteiger partial charge on any atom is 0.326 e. The van der Waals surface area contributed by atoms with Crippen molar-refractivity contribution in [2.75, 3.05) is 23.9 Å². The van der Waals surface area contributed by atoms with E-state index in [-0.39, 0.29) is 6.03 Å². The Morgan fingerprint density at radius 1 is 1.27 bits per heavy atom. The number of hydrogen-bond donors (Lipinski definition) is 1. The fourth-order valence-corrected chi connectivity index (χ4v) is 2.43. The highest BCUT2D eigenvalue weighted by Gasteiger charge is 2.14. The number of halogens is 1. The molecule has 2 amide bonds. The summed E-state index contributed by atoms with van der Waals surface area (Å²) in [5.74, 6) is 0.575. The van der Waals surface area contributed by atoms with E-state index in [0.29, 0.717) is 23.0 Å². The van der Waals surface area contributed by atoms with Crippen LogP contribution >= 0.6 is 11.6 Å². The second kappa shape index (κ2) is 7.18. The largest absolute Gasteiger partial charge is 0.495 e. The van der Waals surface area contributed by atoms with Gasteiger partial charge in [0.05, 0.1) is 12.1 Å². The minimum Gasteiger partial charge on any atom is -0.495 e. The van der Waals surface area contributed by atoms with Crippen molar-refractivity contribution in [2.24, 2.45) is 0 Å². The number of nitrogens with zero attached hydrogens (tertiary/aromatic N) is 1. The smallest absolute Gasteiger partial charge is 0.326 e. The highest BCUT2D eigenvalue weighted by atomic mass is 35.5. The number of methoxy groups -OCH3 is 1. The van der Waals surface area contributed by atoms with Gasteiger partial charge >= 0.3 is 6.03 Å². The van der Waals surface area contributed by atoms with Gasteiger partial charge in [-0.1, -0.05) is 23.7 Å². The van der Waals surface area contributed by atoms with Crippen LogP contribution in [0.2, 0.25) is 5.02 Å². The van der Waals surface area contributed by atoms with E-state index in [1.165, 1.54) is 0 Å². The Hall–Kier alpha value is -2.20. The predicted octanol–water partition coefficient (Wildman–Crippen LogP) is 4.72. The van der Waals surface area contributed by atoms with Gasteiger partial charge in [0.15, 0.2) is 0 Å². The molecule has 0 fully saturated rings. The SMILES string of the molecule is CCN(C(=O)Nc1ccc(OC)c(Cl)c1)c1cccc(C)c1. The van der Waals surface area contributed by atoms with Crippen LogP contribution in [0.25, 0.3) is 0 Å². The van der Waals surface area contributed by atoms with Gasteiger partial charge in [0.1, 0.15) is 5.75 Å². The van der Waals surface area contributed by atoms with E-state index in [9.17, 15) is 4.79 Å². The van der Waals surface area contributed by atoms with Crippen LogP contribution in [0.3, 0.4) is 0 Å². The highest BCUT2D eigenvalue weighted by Crippen LogP contribution is 2.27. The van der Waals surface area contributed by atoms with Gasteiger partial charge in [-0.15, -0.1) is 0 Å². The van der Waals surface area contributed by atoms with Crippen LogP contribution < -0.4 is 15.0 Å². The molecule has 0 aliphatic heterocycles. The molecule has 0 saturated heterocycles. The van der Waals surface area contributed by atoms with Crippen LogP contribution in [0.1, 0.15) is 12.5 Å². The summed E-state index contributed by atoms with van der Waals surface area (Å²) in [6.07, 6.45) is 0. The molecule has 1 N–H and O–H groups in total. The Morgan fingerprint density at radius 3 is 2.64 bits per heavy atom. The maximum atomic E-state index is 12.5. The summed E-state index contributed by atoms with van der Waals surface area (Å²) in [5, 5.41) is 3.31. The lowest BCUT2D eigenvalue weighted by Crippen LogP contribution is -2.34. The average molecular weight is 319 g/mol. The molecule has 22 heavy (non-hydrogen) atoms. The Kier molecular flexibility index (Phi) is 5.28. The zero-order chi connectivity index (χ0) is 16.1. The van der Waals surface area contributed by atoms with Crippen LogP contribution in [-0.2, 0) is 0 Å². The first-order valence-corrected chi connectivity index (χ1v) is 7.41. The van der Waals surface area contributed by atoms with E-state index in [0.717, 1.165) is 11.3 Å². The van der Waals surface area contributed by atoms with E-state index in [1.54, 1.807) is 30.2 Å². The first-order valence-electron chi connectivity index (χ1n) is 7.04. The van der Waals surface area contributed by atoms with Crippen LogP contribution in [0.5, 0.6) is 5.75 Å². The molecule has 0 unspecified atom stereocenters. The molecule has 5 heteroatoms. The molecule has 0 bridgehead atoms. The monoisotopic (exact) mass is 318 g/mol. The molecule has 0 radical (unpaired) electrons. The first kappa shape index (κ1) is 16.2. The standard InChI is InChI=1S/C17H19ClN2O2/c1-4-20(14-7-5-6-12(2)10-14)17(21)19-13-8-9-16(22-3)15(18)11-13/h5-11H,4H2,1-3H3,(H,19,21). The van der Waals surface area contributed by atoms with E-state index in [1.807, 2.05) is 38.1 Å². The second-order valence-electron chi connectivity index (χ2n) is 4.86. The Morgan fingerprint density at radius 2 is 2.05 bits per heavy atom. The molecule has 0 aromatic heterocycles. The molecule has 0 aliphatic rings. The first-order chi connectivity index (χ1) is 10.5. The third kappa shape index (κ3) is 3.71. The Balaban J connectivity index is 2.17. The lowest BCUT2D eigenvalue weighted by atomic mass is 10.2. The topological polar surface area (TPSA) is 41.6 Å². The number of carbonyl (C=O) groups is 1. The lowest BCUT2D eigenvalue weighted by Gasteiger charge is -2.22. The molecule has 116 valence electrons. The molecular formula is C17H19ClN2O2. The van der Waals surface area contributed by atoms with E-state index < -0.39 is 0 Å². The minimum absolute atomic E-state index is 0.200. The van der Waals surface area contributed by atoms with Crippen LogP contribution in [0, 0.1) is 6.92 Å². The fraction of sp³-hybridized carbons (Fsp3) is 0.235. The molecule has 4 nitrogen and oxygen atoms in total. The quantitative estimate of drug-likeness (QED) is 0.886. The van der Waals surface area contributed by atoms with Gasteiger partial charge in [0.25, 0.3) is 0 Å².